The Kier molecular flexibility index (Phi) is 4.78. The molecule has 8 heteroatoms. The van der Waals surface area contributed by atoms with Crippen molar-refractivity contribution in [2.45, 2.75) is 32.9 Å². The Balaban J connectivity index is 1.54. The second kappa shape index (κ2) is 7.63. The van der Waals surface area contributed by atoms with Crippen molar-refractivity contribution in [1.29, 1.82) is 0 Å². The van der Waals surface area contributed by atoms with Crippen molar-refractivity contribution in [3.8, 4) is 21.9 Å². The number of hydrogen-bond donors (Lipinski definition) is 0. The molecule has 0 fully saturated rings. The molecule has 4 heterocycles. The molecule has 5 rings (SSSR count). The molecule has 1 unspecified atom stereocenters. The number of aryl methyl sites for hydroxylation is 1. The third-order valence-corrected chi connectivity index (χ3v) is 6.28. The van der Waals surface area contributed by atoms with Crippen LogP contribution in [0.5, 0.6) is 0 Å². The van der Waals surface area contributed by atoms with E-state index in [1.807, 2.05) is 55.6 Å². The molecule has 156 valence electrons. The number of hydrogen-bond acceptors (Lipinski definition) is 6. The van der Waals surface area contributed by atoms with Crippen molar-refractivity contribution in [2.24, 2.45) is 0 Å². The Morgan fingerprint density at radius 3 is 2.81 bits per heavy atom. The maximum atomic E-state index is 13.2. The minimum absolute atomic E-state index is 0.0359. The van der Waals surface area contributed by atoms with Crippen molar-refractivity contribution in [1.82, 2.24) is 14.9 Å². The highest BCUT2D eigenvalue weighted by atomic mass is 32.1. The van der Waals surface area contributed by atoms with Gasteiger partial charge in [-0.15, -0.1) is 11.3 Å². The van der Waals surface area contributed by atoms with Crippen LogP contribution in [0.1, 0.15) is 18.2 Å². The molecule has 0 saturated carbocycles. The van der Waals surface area contributed by atoms with Gasteiger partial charge >= 0.3 is 0 Å². The van der Waals surface area contributed by atoms with Crippen LogP contribution in [-0.4, -0.2) is 26.9 Å². The Morgan fingerprint density at radius 1 is 1.23 bits per heavy atom. The zero-order chi connectivity index (χ0) is 21.5. The summed E-state index contributed by atoms with van der Waals surface area (Å²) in [4.78, 5) is 28.7. The highest BCUT2D eigenvalue weighted by Gasteiger charge is 2.31. The average molecular weight is 433 g/mol. The number of para-hydroxylation sites is 1. The van der Waals surface area contributed by atoms with Crippen molar-refractivity contribution in [3.05, 3.63) is 75.5 Å². The van der Waals surface area contributed by atoms with Gasteiger partial charge in [-0.05, 0) is 43.3 Å². The van der Waals surface area contributed by atoms with Crippen molar-refractivity contribution >= 4 is 22.9 Å². The van der Waals surface area contributed by atoms with E-state index in [1.54, 1.807) is 11.0 Å². The van der Waals surface area contributed by atoms with Crippen LogP contribution < -0.4 is 10.5 Å². The second-order valence-electron chi connectivity index (χ2n) is 7.66. The Bertz CT molecular complexity index is 1320. The van der Waals surface area contributed by atoms with Gasteiger partial charge in [0.2, 0.25) is 5.91 Å². The van der Waals surface area contributed by atoms with Gasteiger partial charge in [-0.2, -0.15) is 5.10 Å². The summed E-state index contributed by atoms with van der Waals surface area (Å²) in [6.07, 6.45) is 0.800. The van der Waals surface area contributed by atoms with Crippen molar-refractivity contribution < 1.29 is 9.32 Å². The standard InChI is InChI=1S/C23H20N4O3S/c1-14-10-19(30-25-14)17-12-21(28)26(24-23(17)20-8-5-9-31-20)13-22(29)27-15(2)11-16-6-3-4-7-18(16)27/h3-10,12,15H,11,13H2,1-2H3. The number of carbonyl (C=O) groups is 1. The SMILES string of the molecule is Cc1cc(-c2cc(=O)n(CC(=O)N3c4ccccc4CC3C)nc2-c2cccs2)on1. The first-order valence-corrected chi connectivity index (χ1v) is 10.9. The van der Waals surface area contributed by atoms with Crippen LogP contribution in [-0.2, 0) is 17.8 Å². The normalized spacial score (nSPS) is 15.3. The number of benzene rings is 1. The molecular formula is C23H20N4O3S. The lowest BCUT2D eigenvalue weighted by molar-refractivity contribution is -0.119. The van der Waals surface area contributed by atoms with E-state index in [2.05, 4.69) is 10.3 Å². The predicted molar refractivity (Wildman–Crippen MR) is 119 cm³/mol. The molecule has 0 aliphatic carbocycles. The lowest BCUT2D eigenvalue weighted by atomic mass is 10.1. The Labute approximate surface area is 182 Å². The molecule has 0 spiro atoms. The minimum Gasteiger partial charge on any atom is -0.356 e. The van der Waals surface area contributed by atoms with Crippen LogP contribution in [0.15, 0.2) is 63.2 Å². The zero-order valence-corrected chi connectivity index (χ0v) is 17.9. The van der Waals surface area contributed by atoms with Crippen LogP contribution in [0.2, 0.25) is 0 Å². The average Bonchev–Trinajstić information content (AvgIpc) is 3.48. The number of anilines is 1. The number of fused-ring (bicyclic) bond motifs is 1. The third-order valence-electron chi connectivity index (χ3n) is 5.41. The van der Waals surface area contributed by atoms with E-state index in [9.17, 15) is 9.59 Å². The van der Waals surface area contributed by atoms with Crippen LogP contribution >= 0.6 is 11.3 Å². The Morgan fingerprint density at radius 2 is 2.06 bits per heavy atom. The number of nitrogens with zero attached hydrogens (tertiary/aromatic N) is 4. The molecule has 7 nitrogen and oxygen atoms in total. The fourth-order valence-electron chi connectivity index (χ4n) is 4.03. The molecule has 1 amide bonds. The van der Waals surface area contributed by atoms with E-state index in [-0.39, 0.29) is 24.1 Å². The van der Waals surface area contributed by atoms with Crippen molar-refractivity contribution in [2.75, 3.05) is 4.90 Å². The van der Waals surface area contributed by atoms with Gasteiger partial charge in [-0.25, -0.2) is 4.68 Å². The number of carbonyl (C=O) groups excluding carboxylic acids is 1. The van der Waals surface area contributed by atoms with E-state index in [0.717, 1.165) is 22.5 Å². The largest absolute Gasteiger partial charge is 0.356 e. The molecule has 4 aromatic rings. The summed E-state index contributed by atoms with van der Waals surface area (Å²) in [5, 5.41) is 10.4. The molecular weight excluding hydrogens is 412 g/mol. The molecule has 0 radical (unpaired) electrons. The first-order chi connectivity index (χ1) is 15.0. The van der Waals surface area contributed by atoms with E-state index in [1.165, 1.54) is 22.1 Å². The van der Waals surface area contributed by atoms with Gasteiger partial charge < -0.3 is 9.42 Å². The third kappa shape index (κ3) is 3.48. The van der Waals surface area contributed by atoms with Gasteiger partial charge in [0, 0.05) is 23.9 Å². The molecule has 0 bridgehead atoms. The van der Waals surface area contributed by atoms with E-state index < -0.39 is 0 Å². The summed E-state index contributed by atoms with van der Waals surface area (Å²) in [6, 6.07) is 15.0. The number of aromatic nitrogens is 3. The van der Waals surface area contributed by atoms with Crippen LogP contribution in [0.25, 0.3) is 21.9 Å². The minimum atomic E-state index is -0.363. The first-order valence-electron chi connectivity index (χ1n) is 10.0. The second-order valence-corrected chi connectivity index (χ2v) is 8.61. The summed E-state index contributed by atoms with van der Waals surface area (Å²) in [7, 11) is 0. The molecule has 1 aliphatic rings. The number of amides is 1. The fraction of sp³-hybridized carbons (Fsp3) is 0.217. The van der Waals surface area contributed by atoms with Gasteiger partial charge in [0.15, 0.2) is 5.76 Å². The summed E-state index contributed by atoms with van der Waals surface area (Å²) in [5.41, 5.74) is 3.55. The highest BCUT2D eigenvalue weighted by molar-refractivity contribution is 7.13. The topological polar surface area (TPSA) is 81.2 Å². The molecule has 31 heavy (non-hydrogen) atoms. The monoisotopic (exact) mass is 432 g/mol. The summed E-state index contributed by atoms with van der Waals surface area (Å²) in [5.74, 6) is 0.318. The summed E-state index contributed by atoms with van der Waals surface area (Å²) >= 11 is 1.51. The number of rotatable bonds is 4. The predicted octanol–water partition coefficient (Wildman–Crippen LogP) is 3.91. The number of thiophene rings is 1. The van der Waals surface area contributed by atoms with Crippen molar-refractivity contribution in [3.63, 3.8) is 0 Å². The summed E-state index contributed by atoms with van der Waals surface area (Å²) < 4.78 is 6.62. The molecule has 1 aromatic carbocycles. The maximum absolute atomic E-state index is 13.2. The quantitative estimate of drug-likeness (QED) is 0.488. The highest BCUT2D eigenvalue weighted by Crippen LogP contribution is 2.33. The van der Waals surface area contributed by atoms with Crippen LogP contribution in [0.3, 0.4) is 0 Å². The fourth-order valence-corrected chi connectivity index (χ4v) is 4.75. The smallest absolute Gasteiger partial charge is 0.268 e. The lowest BCUT2D eigenvalue weighted by Gasteiger charge is -2.23. The lowest BCUT2D eigenvalue weighted by Crippen LogP contribution is -2.40. The molecule has 0 saturated heterocycles. The van der Waals surface area contributed by atoms with Crippen LogP contribution in [0, 0.1) is 6.92 Å². The molecule has 0 N–H and O–H groups in total. The molecule has 3 aromatic heterocycles. The van der Waals surface area contributed by atoms with Gasteiger partial charge in [-0.1, -0.05) is 29.4 Å². The zero-order valence-electron chi connectivity index (χ0n) is 17.1. The summed E-state index contributed by atoms with van der Waals surface area (Å²) in [6.45, 7) is 3.70. The van der Waals surface area contributed by atoms with Gasteiger partial charge in [-0.3, -0.25) is 9.59 Å². The van der Waals surface area contributed by atoms with E-state index in [4.69, 9.17) is 4.52 Å². The molecule has 1 aliphatic heterocycles. The van der Waals surface area contributed by atoms with Crippen LogP contribution in [0.4, 0.5) is 5.69 Å². The van der Waals surface area contributed by atoms with E-state index in [0.29, 0.717) is 22.7 Å². The first kappa shape index (κ1) is 19.4. The molecule has 1 atom stereocenters. The van der Waals surface area contributed by atoms with Gasteiger partial charge in [0.1, 0.15) is 12.2 Å². The van der Waals surface area contributed by atoms with Gasteiger partial charge in [0.25, 0.3) is 5.56 Å². The maximum Gasteiger partial charge on any atom is 0.268 e. The van der Waals surface area contributed by atoms with E-state index >= 15 is 0 Å². The van der Waals surface area contributed by atoms with Gasteiger partial charge in [0.05, 0.1) is 16.1 Å². The Hall–Kier alpha value is -3.52.